The van der Waals surface area contributed by atoms with E-state index in [0.717, 1.165) is 0 Å². The third-order valence-corrected chi connectivity index (χ3v) is 5.16. The highest BCUT2D eigenvalue weighted by Crippen LogP contribution is 2.26. The molecule has 0 aliphatic rings. The van der Waals surface area contributed by atoms with Crippen LogP contribution in [-0.4, -0.2) is 29.6 Å². The lowest BCUT2D eigenvalue weighted by Crippen LogP contribution is -2.22. The number of aliphatic hydroxyl groups is 1. The second kappa shape index (κ2) is 8.76. The van der Waals surface area contributed by atoms with Crippen LogP contribution < -0.4 is 10.3 Å². The van der Waals surface area contributed by atoms with E-state index >= 15 is 0 Å². The van der Waals surface area contributed by atoms with Gasteiger partial charge in [0.25, 0.3) is 5.56 Å². The fraction of sp³-hybridized carbons (Fsp3) is 0.261. The molecule has 0 aromatic carbocycles. The lowest BCUT2D eigenvalue weighted by Gasteiger charge is -2.16. The molecule has 1 N–H and O–H groups in total. The number of rotatable bonds is 6. The molecular formula is C23H22ClN5O4. The van der Waals surface area contributed by atoms with Gasteiger partial charge in [-0.05, 0) is 39.0 Å². The number of ether oxygens (including phenoxy) is 1. The van der Waals surface area contributed by atoms with E-state index in [4.69, 9.17) is 20.8 Å². The fourth-order valence-corrected chi connectivity index (χ4v) is 3.42. The molecule has 0 atom stereocenters. The largest absolute Gasteiger partial charge is 0.485 e. The van der Waals surface area contributed by atoms with Crippen molar-refractivity contribution in [3.8, 4) is 22.8 Å². The molecular weight excluding hydrogens is 446 g/mol. The van der Waals surface area contributed by atoms with Crippen LogP contribution in [0.4, 0.5) is 0 Å². The summed E-state index contributed by atoms with van der Waals surface area (Å²) in [7, 11) is 0. The van der Waals surface area contributed by atoms with Crippen LogP contribution in [0.2, 0.25) is 5.02 Å². The second-order valence-electron chi connectivity index (χ2n) is 7.97. The van der Waals surface area contributed by atoms with E-state index in [1.54, 1.807) is 64.4 Å². The van der Waals surface area contributed by atoms with Crippen molar-refractivity contribution in [3.63, 3.8) is 0 Å². The predicted molar refractivity (Wildman–Crippen MR) is 121 cm³/mol. The Balaban J connectivity index is 1.69. The average Bonchev–Trinajstić information content (AvgIpc) is 3.20. The molecule has 0 spiro atoms. The first-order chi connectivity index (χ1) is 15.6. The van der Waals surface area contributed by atoms with Crippen molar-refractivity contribution in [1.82, 2.24) is 24.5 Å². The minimum absolute atomic E-state index is 0.0504. The number of oxazole rings is 1. The highest BCUT2D eigenvalue weighted by molar-refractivity contribution is 6.31. The van der Waals surface area contributed by atoms with Gasteiger partial charge in [-0.25, -0.2) is 15.0 Å². The SMILES string of the molecule is Cc1nc(COc2cc(C)n(-c3ccnc(-c4ccnc(C(C)(C)O)n4)c3)c(=O)c2Cl)co1. The molecule has 0 aliphatic carbocycles. The van der Waals surface area contributed by atoms with Gasteiger partial charge in [-0.3, -0.25) is 14.3 Å². The molecule has 0 radical (unpaired) electrons. The first-order valence-electron chi connectivity index (χ1n) is 10.1. The van der Waals surface area contributed by atoms with E-state index in [2.05, 4.69) is 19.9 Å². The van der Waals surface area contributed by atoms with Gasteiger partial charge in [-0.2, -0.15) is 0 Å². The van der Waals surface area contributed by atoms with Crippen molar-refractivity contribution in [2.75, 3.05) is 0 Å². The number of hydrogen-bond acceptors (Lipinski definition) is 8. The van der Waals surface area contributed by atoms with Gasteiger partial charge in [0.1, 0.15) is 34.9 Å². The summed E-state index contributed by atoms with van der Waals surface area (Å²) in [6.45, 7) is 6.85. The molecule has 4 rings (SSSR count). The van der Waals surface area contributed by atoms with Gasteiger partial charge < -0.3 is 14.3 Å². The summed E-state index contributed by atoms with van der Waals surface area (Å²) >= 11 is 6.35. The van der Waals surface area contributed by atoms with Gasteiger partial charge in [-0.15, -0.1) is 0 Å². The summed E-state index contributed by atoms with van der Waals surface area (Å²) in [6.07, 6.45) is 4.63. The topological polar surface area (TPSA) is 116 Å². The summed E-state index contributed by atoms with van der Waals surface area (Å²) in [4.78, 5) is 30.2. The van der Waals surface area contributed by atoms with Crippen LogP contribution in [0.1, 0.15) is 37.0 Å². The molecule has 0 saturated heterocycles. The number of aromatic nitrogens is 5. The molecule has 4 heterocycles. The number of hydrogen-bond donors (Lipinski definition) is 1. The monoisotopic (exact) mass is 467 g/mol. The first kappa shape index (κ1) is 22.6. The molecule has 0 saturated carbocycles. The van der Waals surface area contributed by atoms with E-state index < -0.39 is 11.2 Å². The Labute approximate surface area is 194 Å². The Morgan fingerprint density at radius 1 is 1.12 bits per heavy atom. The zero-order valence-electron chi connectivity index (χ0n) is 18.5. The molecule has 170 valence electrons. The van der Waals surface area contributed by atoms with E-state index in [1.807, 2.05) is 0 Å². The zero-order valence-corrected chi connectivity index (χ0v) is 19.3. The van der Waals surface area contributed by atoms with Gasteiger partial charge in [0.15, 0.2) is 11.7 Å². The molecule has 10 heteroatoms. The molecule has 0 bridgehead atoms. The maximum atomic E-state index is 13.1. The van der Waals surface area contributed by atoms with Crippen LogP contribution in [0.3, 0.4) is 0 Å². The van der Waals surface area contributed by atoms with E-state index in [9.17, 15) is 9.90 Å². The summed E-state index contributed by atoms with van der Waals surface area (Å²) in [5.41, 5.74) is 1.18. The minimum Gasteiger partial charge on any atom is -0.485 e. The molecule has 0 amide bonds. The Bertz CT molecular complexity index is 1370. The number of nitrogens with zero attached hydrogens (tertiary/aromatic N) is 5. The van der Waals surface area contributed by atoms with Crippen LogP contribution in [-0.2, 0) is 12.2 Å². The molecule has 4 aromatic rings. The molecule has 0 fully saturated rings. The molecule has 9 nitrogen and oxygen atoms in total. The molecule has 0 unspecified atom stereocenters. The number of aryl methyl sites for hydroxylation is 2. The van der Waals surface area contributed by atoms with Crippen molar-refractivity contribution >= 4 is 11.6 Å². The molecule has 4 aromatic heterocycles. The lowest BCUT2D eigenvalue weighted by molar-refractivity contribution is 0.0688. The van der Waals surface area contributed by atoms with Crippen LogP contribution in [0.5, 0.6) is 5.75 Å². The van der Waals surface area contributed by atoms with Gasteiger partial charge in [0.2, 0.25) is 0 Å². The third-order valence-electron chi connectivity index (χ3n) is 4.81. The van der Waals surface area contributed by atoms with Crippen molar-refractivity contribution in [3.05, 3.63) is 81.4 Å². The van der Waals surface area contributed by atoms with Crippen molar-refractivity contribution in [1.29, 1.82) is 0 Å². The third kappa shape index (κ3) is 4.79. The maximum absolute atomic E-state index is 13.1. The highest BCUT2D eigenvalue weighted by atomic mass is 35.5. The lowest BCUT2D eigenvalue weighted by atomic mass is 10.1. The van der Waals surface area contributed by atoms with Crippen LogP contribution in [0.15, 0.2) is 52.1 Å². The van der Waals surface area contributed by atoms with Crippen molar-refractivity contribution in [2.45, 2.75) is 39.9 Å². The first-order valence-corrected chi connectivity index (χ1v) is 10.5. The number of halogens is 1. The Kier molecular flexibility index (Phi) is 6.01. The zero-order chi connectivity index (χ0) is 23.8. The Morgan fingerprint density at radius 3 is 2.58 bits per heavy atom. The summed E-state index contributed by atoms with van der Waals surface area (Å²) in [5, 5.41) is 10.2. The maximum Gasteiger partial charge on any atom is 0.277 e. The fourth-order valence-electron chi connectivity index (χ4n) is 3.23. The normalized spacial score (nSPS) is 11.6. The standard InChI is InChI=1S/C23H22ClN5O4/c1-13-9-19(33-12-15-11-32-14(2)27-15)20(24)21(30)29(13)16-5-7-25-18(10-16)17-6-8-26-22(28-17)23(3,4)31/h5-11,31H,12H2,1-4H3. The van der Waals surface area contributed by atoms with Gasteiger partial charge in [0.05, 0.1) is 17.1 Å². The predicted octanol–water partition coefficient (Wildman–Crippen LogP) is 3.75. The summed E-state index contributed by atoms with van der Waals surface area (Å²) in [5.74, 6) is 1.06. The smallest absolute Gasteiger partial charge is 0.277 e. The van der Waals surface area contributed by atoms with E-state index in [0.29, 0.717) is 34.4 Å². The van der Waals surface area contributed by atoms with Gasteiger partial charge in [0, 0.05) is 31.1 Å². The van der Waals surface area contributed by atoms with E-state index in [1.165, 1.54) is 10.8 Å². The Hall–Kier alpha value is -3.56. The minimum atomic E-state index is -1.20. The van der Waals surface area contributed by atoms with Crippen LogP contribution in [0, 0.1) is 13.8 Å². The van der Waals surface area contributed by atoms with Crippen molar-refractivity contribution in [2.24, 2.45) is 0 Å². The average molecular weight is 468 g/mol. The van der Waals surface area contributed by atoms with Crippen molar-refractivity contribution < 1.29 is 14.3 Å². The Morgan fingerprint density at radius 2 is 1.88 bits per heavy atom. The molecule has 0 aliphatic heterocycles. The van der Waals surface area contributed by atoms with Gasteiger partial charge in [-0.1, -0.05) is 11.6 Å². The molecule has 33 heavy (non-hydrogen) atoms. The number of pyridine rings is 2. The summed E-state index contributed by atoms with van der Waals surface area (Å²) in [6, 6.07) is 6.80. The van der Waals surface area contributed by atoms with Gasteiger partial charge >= 0.3 is 0 Å². The summed E-state index contributed by atoms with van der Waals surface area (Å²) < 4.78 is 12.3. The quantitative estimate of drug-likeness (QED) is 0.455. The highest BCUT2D eigenvalue weighted by Gasteiger charge is 2.21. The van der Waals surface area contributed by atoms with E-state index in [-0.39, 0.29) is 23.2 Å². The second-order valence-corrected chi connectivity index (χ2v) is 8.35. The van der Waals surface area contributed by atoms with Crippen LogP contribution in [0.25, 0.3) is 17.1 Å². The van der Waals surface area contributed by atoms with Crippen LogP contribution >= 0.6 is 11.6 Å².